The Hall–Kier alpha value is -0.940. The number of rotatable bonds is 4. The normalized spacial score (nSPS) is 11.9. The number of nitrogens with zero attached hydrogens (tertiary/aromatic N) is 1. The van der Waals surface area contributed by atoms with E-state index in [2.05, 4.69) is 0 Å². The predicted octanol–water partition coefficient (Wildman–Crippen LogP) is 1.28. The summed E-state index contributed by atoms with van der Waals surface area (Å²) in [5.41, 5.74) is 0. The molecule has 0 aliphatic rings. The highest BCUT2D eigenvalue weighted by atomic mass is 32.2. The number of halogens is 1. The number of hydrogen-bond acceptors (Lipinski definition) is 2. The number of alkyl halides is 1. The first-order chi connectivity index (χ1) is 6.59. The maximum absolute atomic E-state index is 12.0. The molecule has 0 aliphatic carbocycles. The Morgan fingerprint density at radius 2 is 1.86 bits per heavy atom. The first-order valence-electron chi connectivity index (χ1n) is 4.16. The molecule has 0 aromatic heterocycles. The molecule has 0 saturated heterocycles. The molecule has 0 aliphatic heterocycles. The Bertz CT molecular complexity index is 377. The Morgan fingerprint density at radius 3 is 2.36 bits per heavy atom. The van der Waals surface area contributed by atoms with Crippen LogP contribution in [-0.4, -0.2) is 33.0 Å². The van der Waals surface area contributed by atoms with E-state index >= 15 is 0 Å². The molecule has 0 atom stereocenters. The molecule has 0 spiro atoms. The first-order valence-corrected chi connectivity index (χ1v) is 5.60. The lowest BCUT2D eigenvalue weighted by Gasteiger charge is -2.14. The van der Waals surface area contributed by atoms with Crippen molar-refractivity contribution in [2.24, 2.45) is 0 Å². The van der Waals surface area contributed by atoms with Gasteiger partial charge in [-0.25, -0.2) is 12.8 Å². The van der Waals surface area contributed by atoms with Crippen LogP contribution in [0.2, 0.25) is 0 Å². The minimum Gasteiger partial charge on any atom is -0.250 e. The van der Waals surface area contributed by atoms with Crippen LogP contribution in [0.15, 0.2) is 35.2 Å². The first kappa shape index (κ1) is 11.1. The van der Waals surface area contributed by atoms with Gasteiger partial charge in [0, 0.05) is 13.6 Å². The van der Waals surface area contributed by atoms with E-state index in [0.29, 0.717) is 0 Å². The number of sulfonamides is 1. The lowest BCUT2D eigenvalue weighted by atomic mass is 10.4. The second-order valence-corrected chi connectivity index (χ2v) is 4.87. The molecule has 0 N–H and O–H groups in total. The zero-order valence-electron chi connectivity index (χ0n) is 7.85. The second-order valence-electron chi connectivity index (χ2n) is 2.83. The van der Waals surface area contributed by atoms with Crippen LogP contribution < -0.4 is 0 Å². The van der Waals surface area contributed by atoms with Crippen molar-refractivity contribution in [1.29, 1.82) is 0 Å². The van der Waals surface area contributed by atoms with Crippen molar-refractivity contribution in [3.8, 4) is 0 Å². The third kappa shape index (κ3) is 2.30. The summed E-state index contributed by atoms with van der Waals surface area (Å²) in [5, 5.41) is 0. The molecular weight excluding hydrogens is 205 g/mol. The van der Waals surface area contributed by atoms with Gasteiger partial charge < -0.3 is 0 Å². The minimum atomic E-state index is -3.51. The van der Waals surface area contributed by atoms with Crippen LogP contribution in [0.3, 0.4) is 0 Å². The van der Waals surface area contributed by atoms with E-state index in [0.717, 1.165) is 4.31 Å². The van der Waals surface area contributed by atoms with Gasteiger partial charge in [0.05, 0.1) is 4.90 Å². The Morgan fingerprint density at radius 1 is 1.29 bits per heavy atom. The number of benzene rings is 1. The summed E-state index contributed by atoms with van der Waals surface area (Å²) >= 11 is 0. The van der Waals surface area contributed by atoms with Gasteiger partial charge in [0.25, 0.3) is 0 Å². The van der Waals surface area contributed by atoms with Gasteiger partial charge in [-0.1, -0.05) is 18.2 Å². The summed E-state index contributed by atoms with van der Waals surface area (Å²) in [7, 11) is -2.14. The smallest absolute Gasteiger partial charge is 0.242 e. The van der Waals surface area contributed by atoms with Gasteiger partial charge in [0.1, 0.15) is 6.67 Å². The predicted molar refractivity (Wildman–Crippen MR) is 52.2 cm³/mol. The van der Waals surface area contributed by atoms with Crippen molar-refractivity contribution >= 4 is 10.0 Å². The van der Waals surface area contributed by atoms with Gasteiger partial charge in [-0.15, -0.1) is 0 Å². The van der Waals surface area contributed by atoms with Crippen molar-refractivity contribution in [3.63, 3.8) is 0 Å². The molecule has 0 unspecified atom stereocenters. The average Bonchev–Trinajstić information content (AvgIpc) is 2.19. The average molecular weight is 217 g/mol. The topological polar surface area (TPSA) is 37.4 Å². The van der Waals surface area contributed by atoms with E-state index in [1.54, 1.807) is 18.2 Å². The third-order valence-corrected chi connectivity index (χ3v) is 3.72. The molecule has 0 heterocycles. The van der Waals surface area contributed by atoms with Crippen LogP contribution in [0.4, 0.5) is 4.39 Å². The minimum absolute atomic E-state index is 0.114. The summed E-state index contributed by atoms with van der Waals surface area (Å²) in [6, 6.07) is 7.98. The number of hydrogen-bond donors (Lipinski definition) is 0. The fourth-order valence-corrected chi connectivity index (χ4v) is 2.18. The lowest BCUT2D eigenvalue weighted by molar-refractivity contribution is 0.394. The summed E-state index contributed by atoms with van der Waals surface area (Å²) in [6.45, 7) is -0.792. The largest absolute Gasteiger partial charge is 0.250 e. The van der Waals surface area contributed by atoms with Gasteiger partial charge in [-0.05, 0) is 12.1 Å². The molecule has 0 saturated carbocycles. The molecular formula is C9H12FNO2S. The quantitative estimate of drug-likeness (QED) is 0.761. The van der Waals surface area contributed by atoms with Crippen molar-refractivity contribution in [2.75, 3.05) is 20.3 Å². The summed E-state index contributed by atoms with van der Waals surface area (Å²) < 4.78 is 36.3. The fraction of sp³-hybridized carbons (Fsp3) is 0.333. The van der Waals surface area contributed by atoms with Gasteiger partial charge in [0.2, 0.25) is 10.0 Å². The van der Waals surface area contributed by atoms with Gasteiger partial charge >= 0.3 is 0 Å². The monoisotopic (exact) mass is 217 g/mol. The highest BCUT2D eigenvalue weighted by Gasteiger charge is 2.19. The Kier molecular flexibility index (Phi) is 3.60. The van der Waals surface area contributed by atoms with Crippen molar-refractivity contribution < 1.29 is 12.8 Å². The highest BCUT2D eigenvalue weighted by Crippen LogP contribution is 2.12. The van der Waals surface area contributed by atoms with Crippen LogP contribution in [0, 0.1) is 0 Å². The van der Waals surface area contributed by atoms with Crippen LogP contribution in [0.1, 0.15) is 0 Å². The molecule has 3 nitrogen and oxygen atoms in total. The lowest BCUT2D eigenvalue weighted by Crippen LogP contribution is -2.28. The van der Waals surface area contributed by atoms with Gasteiger partial charge in [-0.3, -0.25) is 0 Å². The maximum atomic E-state index is 12.0. The maximum Gasteiger partial charge on any atom is 0.242 e. The van der Waals surface area contributed by atoms with Crippen LogP contribution >= 0.6 is 0 Å². The SMILES string of the molecule is CN(CCF)S(=O)(=O)c1ccccc1. The molecule has 1 rings (SSSR count). The van der Waals surface area contributed by atoms with E-state index in [1.165, 1.54) is 19.2 Å². The molecule has 0 fully saturated rings. The van der Waals surface area contributed by atoms with E-state index in [9.17, 15) is 12.8 Å². The van der Waals surface area contributed by atoms with Crippen molar-refractivity contribution in [1.82, 2.24) is 4.31 Å². The van der Waals surface area contributed by atoms with Gasteiger partial charge in [0.15, 0.2) is 0 Å². The van der Waals surface area contributed by atoms with E-state index in [4.69, 9.17) is 0 Å². The van der Waals surface area contributed by atoms with E-state index in [-0.39, 0.29) is 11.4 Å². The summed E-state index contributed by atoms with van der Waals surface area (Å²) in [4.78, 5) is 0.191. The fourth-order valence-electron chi connectivity index (χ4n) is 1.01. The Balaban J connectivity index is 2.97. The zero-order chi connectivity index (χ0) is 10.6. The van der Waals surface area contributed by atoms with Crippen LogP contribution in [-0.2, 0) is 10.0 Å². The molecule has 0 amide bonds. The van der Waals surface area contributed by atoms with Gasteiger partial charge in [-0.2, -0.15) is 4.31 Å². The highest BCUT2D eigenvalue weighted by molar-refractivity contribution is 7.89. The van der Waals surface area contributed by atoms with E-state index in [1.807, 2.05) is 0 Å². The molecule has 1 aromatic rings. The molecule has 1 aromatic carbocycles. The zero-order valence-corrected chi connectivity index (χ0v) is 8.67. The van der Waals surface area contributed by atoms with Crippen LogP contribution in [0.25, 0.3) is 0 Å². The molecule has 0 radical (unpaired) electrons. The molecule has 0 bridgehead atoms. The van der Waals surface area contributed by atoms with Crippen molar-refractivity contribution in [3.05, 3.63) is 30.3 Å². The second kappa shape index (κ2) is 4.52. The molecule has 5 heteroatoms. The van der Waals surface area contributed by atoms with Crippen LogP contribution in [0.5, 0.6) is 0 Å². The molecule has 78 valence electrons. The Labute approximate surface area is 83.2 Å². The summed E-state index contributed by atoms with van der Waals surface area (Å²) in [6.07, 6.45) is 0. The third-order valence-electron chi connectivity index (χ3n) is 1.85. The van der Waals surface area contributed by atoms with E-state index < -0.39 is 16.7 Å². The standard InChI is InChI=1S/C9H12FNO2S/c1-11(8-7-10)14(12,13)9-5-3-2-4-6-9/h2-6H,7-8H2,1H3. The molecule has 14 heavy (non-hydrogen) atoms. The van der Waals surface area contributed by atoms with Crippen molar-refractivity contribution in [2.45, 2.75) is 4.90 Å². The summed E-state index contributed by atoms with van der Waals surface area (Å²) in [5.74, 6) is 0.